The van der Waals surface area contributed by atoms with Crippen LogP contribution in [0.2, 0.25) is 0 Å². The first-order valence-corrected chi connectivity index (χ1v) is 7.77. The van der Waals surface area contributed by atoms with E-state index in [0.29, 0.717) is 22.3 Å². The lowest BCUT2D eigenvalue weighted by Gasteiger charge is -2.04. The summed E-state index contributed by atoms with van der Waals surface area (Å²) in [4.78, 5) is 23.3. The van der Waals surface area contributed by atoms with E-state index in [2.05, 4.69) is 20.3 Å². The number of imidazole rings is 1. The Hall–Kier alpha value is -3.61. The number of pyridine rings is 1. The number of rotatable bonds is 3. The molecule has 5 nitrogen and oxygen atoms in total. The van der Waals surface area contributed by atoms with Crippen molar-refractivity contribution >= 4 is 22.6 Å². The van der Waals surface area contributed by atoms with E-state index in [1.165, 1.54) is 12.4 Å². The maximum atomic E-state index is 13.9. The summed E-state index contributed by atoms with van der Waals surface area (Å²) in [5.41, 5.74) is 2.24. The van der Waals surface area contributed by atoms with Gasteiger partial charge in [0.2, 0.25) is 0 Å². The summed E-state index contributed by atoms with van der Waals surface area (Å²) in [6.07, 6.45) is 3.07. The topological polar surface area (TPSA) is 70.7 Å². The number of aromatic amines is 1. The summed E-state index contributed by atoms with van der Waals surface area (Å²) in [7, 11) is 0. The van der Waals surface area contributed by atoms with Gasteiger partial charge in [0, 0.05) is 23.6 Å². The number of H-pyrrole nitrogens is 1. The molecule has 4 aromatic rings. The maximum Gasteiger partial charge on any atom is 0.255 e. The second kappa shape index (κ2) is 6.36. The fraction of sp³-hybridized carbons (Fsp3) is 0. The van der Waals surface area contributed by atoms with E-state index in [-0.39, 0.29) is 17.3 Å². The van der Waals surface area contributed by atoms with Gasteiger partial charge in [-0.15, -0.1) is 0 Å². The third-order valence-corrected chi connectivity index (χ3v) is 3.87. The first-order chi connectivity index (χ1) is 12.6. The molecular formula is C19H12F2N4O. The first-order valence-electron chi connectivity index (χ1n) is 7.77. The van der Waals surface area contributed by atoms with E-state index < -0.39 is 11.6 Å². The molecule has 0 bridgehead atoms. The van der Waals surface area contributed by atoms with Crippen molar-refractivity contribution in [1.82, 2.24) is 15.0 Å². The van der Waals surface area contributed by atoms with Crippen LogP contribution in [-0.4, -0.2) is 20.9 Å². The van der Waals surface area contributed by atoms with Gasteiger partial charge in [-0.2, -0.15) is 0 Å². The molecule has 2 N–H and O–H groups in total. The predicted octanol–water partition coefficient (Wildman–Crippen LogP) is 4.16. The molecule has 0 aliphatic rings. The Morgan fingerprint density at radius 2 is 1.81 bits per heavy atom. The van der Waals surface area contributed by atoms with Crippen molar-refractivity contribution in [3.63, 3.8) is 0 Å². The molecule has 0 saturated carbocycles. The van der Waals surface area contributed by atoms with E-state index in [1.807, 2.05) is 0 Å². The third kappa shape index (κ3) is 3.02. The van der Waals surface area contributed by atoms with Gasteiger partial charge in [0.05, 0.1) is 16.6 Å². The van der Waals surface area contributed by atoms with E-state index in [9.17, 15) is 13.6 Å². The lowest BCUT2D eigenvalue weighted by Crippen LogP contribution is -2.11. The summed E-state index contributed by atoms with van der Waals surface area (Å²) < 4.78 is 27.3. The van der Waals surface area contributed by atoms with Crippen molar-refractivity contribution in [3.8, 4) is 11.4 Å². The third-order valence-electron chi connectivity index (χ3n) is 3.87. The molecule has 0 fully saturated rings. The van der Waals surface area contributed by atoms with Crippen LogP contribution in [0.1, 0.15) is 10.4 Å². The fourth-order valence-corrected chi connectivity index (χ4v) is 2.60. The number of hydrogen-bond donors (Lipinski definition) is 2. The summed E-state index contributed by atoms with van der Waals surface area (Å²) >= 11 is 0. The molecule has 2 aromatic carbocycles. The van der Waals surface area contributed by atoms with Gasteiger partial charge in [0.25, 0.3) is 5.91 Å². The number of halogens is 2. The Kier molecular flexibility index (Phi) is 3.89. The quantitative estimate of drug-likeness (QED) is 0.583. The van der Waals surface area contributed by atoms with E-state index in [4.69, 9.17) is 0 Å². The Morgan fingerprint density at radius 1 is 1.00 bits per heavy atom. The zero-order chi connectivity index (χ0) is 18.1. The number of carbonyl (C=O) groups is 1. The minimum atomic E-state index is -0.573. The normalized spacial score (nSPS) is 10.8. The summed E-state index contributed by atoms with van der Waals surface area (Å²) in [6.45, 7) is 0. The zero-order valence-electron chi connectivity index (χ0n) is 13.3. The molecule has 2 aromatic heterocycles. The number of aromatic nitrogens is 3. The molecule has 0 unspecified atom stereocenters. The first kappa shape index (κ1) is 15.9. The molecule has 128 valence electrons. The molecule has 4 rings (SSSR count). The molecule has 2 heterocycles. The van der Waals surface area contributed by atoms with Crippen molar-refractivity contribution in [1.29, 1.82) is 0 Å². The van der Waals surface area contributed by atoms with Crippen LogP contribution in [0.15, 0.2) is 60.9 Å². The second-order valence-corrected chi connectivity index (χ2v) is 5.63. The second-order valence-electron chi connectivity index (χ2n) is 5.63. The molecule has 0 radical (unpaired) electrons. The van der Waals surface area contributed by atoms with Gasteiger partial charge in [-0.25, -0.2) is 13.8 Å². The van der Waals surface area contributed by atoms with Gasteiger partial charge in [0.15, 0.2) is 0 Å². The predicted molar refractivity (Wildman–Crippen MR) is 93.6 cm³/mol. The minimum absolute atomic E-state index is 0.0450. The summed E-state index contributed by atoms with van der Waals surface area (Å²) in [5.74, 6) is -1.18. The Labute approximate surface area is 146 Å². The molecule has 0 saturated heterocycles. The number of amides is 1. The highest BCUT2D eigenvalue weighted by Crippen LogP contribution is 2.25. The molecule has 0 spiro atoms. The highest BCUT2D eigenvalue weighted by molar-refractivity contribution is 6.04. The molecule has 0 atom stereocenters. The monoisotopic (exact) mass is 350 g/mol. The van der Waals surface area contributed by atoms with Crippen LogP contribution in [0.25, 0.3) is 22.4 Å². The number of carbonyl (C=O) groups excluding carboxylic acids is 1. The number of fused-ring (bicyclic) bond motifs is 1. The van der Waals surface area contributed by atoms with Gasteiger partial charge >= 0.3 is 0 Å². The molecule has 26 heavy (non-hydrogen) atoms. The van der Waals surface area contributed by atoms with Crippen LogP contribution in [0.5, 0.6) is 0 Å². The van der Waals surface area contributed by atoms with Gasteiger partial charge in [-0.1, -0.05) is 0 Å². The van der Waals surface area contributed by atoms with Gasteiger partial charge in [-0.05, 0) is 48.5 Å². The van der Waals surface area contributed by atoms with E-state index in [1.54, 1.807) is 30.3 Å². The van der Waals surface area contributed by atoms with Crippen LogP contribution in [-0.2, 0) is 0 Å². The minimum Gasteiger partial charge on any atom is -0.338 e. The standard InChI is InChI=1S/C19H12F2N4O/c20-12-1-3-15(21)14(9-12)18-24-16-4-2-13(10-17(16)25-18)23-19(26)11-5-7-22-8-6-11/h1-10H,(H,23,26)(H,24,25). The van der Waals surface area contributed by atoms with E-state index >= 15 is 0 Å². The Bertz CT molecular complexity index is 1110. The van der Waals surface area contributed by atoms with Crippen LogP contribution in [0.3, 0.4) is 0 Å². The van der Waals surface area contributed by atoms with Crippen molar-refractivity contribution in [2.75, 3.05) is 5.32 Å². The van der Waals surface area contributed by atoms with E-state index in [0.717, 1.165) is 18.2 Å². The van der Waals surface area contributed by atoms with Crippen molar-refractivity contribution in [3.05, 3.63) is 78.1 Å². The molecule has 1 amide bonds. The number of anilines is 1. The van der Waals surface area contributed by atoms with Crippen LogP contribution < -0.4 is 5.32 Å². The molecular weight excluding hydrogens is 338 g/mol. The number of hydrogen-bond acceptors (Lipinski definition) is 3. The average Bonchev–Trinajstić information content (AvgIpc) is 3.07. The van der Waals surface area contributed by atoms with Crippen LogP contribution >= 0.6 is 0 Å². The molecule has 0 aliphatic heterocycles. The van der Waals surface area contributed by atoms with Gasteiger partial charge in [-0.3, -0.25) is 9.78 Å². The average molecular weight is 350 g/mol. The number of nitrogens with zero attached hydrogens (tertiary/aromatic N) is 2. The van der Waals surface area contributed by atoms with Crippen LogP contribution in [0.4, 0.5) is 14.5 Å². The SMILES string of the molecule is O=C(Nc1ccc2nc(-c3cc(F)ccc3F)[nH]c2c1)c1ccncc1. The number of nitrogens with one attached hydrogen (secondary N) is 2. The molecule has 7 heteroatoms. The van der Waals surface area contributed by atoms with Gasteiger partial charge in [0.1, 0.15) is 17.5 Å². The number of benzene rings is 2. The highest BCUT2D eigenvalue weighted by atomic mass is 19.1. The molecule has 0 aliphatic carbocycles. The summed E-state index contributed by atoms with van der Waals surface area (Å²) in [6, 6.07) is 11.5. The fourth-order valence-electron chi connectivity index (χ4n) is 2.60. The van der Waals surface area contributed by atoms with Crippen molar-refractivity contribution < 1.29 is 13.6 Å². The summed E-state index contributed by atoms with van der Waals surface area (Å²) in [5, 5.41) is 2.77. The van der Waals surface area contributed by atoms with Crippen LogP contribution in [0, 0.1) is 11.6 Å². The maximum absolute atomic E-state index is 13.9. The Balaban J connectivity index is 1.66. The van der Waals surface area contributed by atoms with Crippen molar-refractivity contribution in [2.24, 2.45) is 0 Å². The lowest BCUT2D eigenvalue weighted by atomic mass is 10.2. The lowest BCUT2D eigenvalue weighted by molar-refractivity contribution is 0.102. The van der Waals surface area contributed by atoms with Crippen molar-refractivity contribution in [2.45, 2.75) is 0 Å². The Morgan fingerprint density at radius 3 is 2.62 bits per heavy atom. The highest BCUT2D eigenvalue weighted by Gasteiger charge is 2.12. The zero-order valence-corrected chi connectivity index (χ0v) is 13.3. The smallest absolute Gasteiger partial charge is 0.255 e. The van der Waals surface area contributed by atoms with Gasteiger partial charge < -0.3 is 10.3 Å². The largest absolute Gasteiger partial charge is 0.338 e.